The summed E-state index contributed by atoms with van der Waals surface area (Å²) >= 11 is 1.50. The van der Waals surface area contributed by atoms with E-state index in [9.17, 15) is 0 Å². The minimum Gasteiger partial charge on any atom is -0.465 e. The fourth-order valence-corrected chi connectivity index (χ4v) is 6.17. The predicted octanol–water partition coefficient (Wildman–Crippen LogP) is 7.10. The van der Waals surface area contributed by atoms with Crippen molar-refractivity contribution < 1.29 is 4.42 Å². The predicted molar refractivity (Wildman–Crippen MR) is 132 cm³/mol. The lowest BCUT2D eigenvalue weighted by Crippen LogP contribution is -1.92. The highest BCUT2D eigenvalue weighted by molar-refractivity contribution is 7.14. The number of benzene rings is 2. The number of nitrogens with zero attached hydrogens (tertiary/aromatic N) is 4. The first-order valence-electron chi connectivity index (χ1n) is 10.8. The van der Waals surface area contributed by atoms with Crippen molar-refractivity contribution in [3.05, 3.63) is 66.4 Å². The van der Waals surface area contributed by atoms with Crippen molar-refractivity contribution in [2.24, 2.45) is 0 Å². The number of hydrogen-bond acceptors (Lipinski definition) is 4. The number of fused-ring (bicyclic) bond motifs is 9. The van der Waals surface area contributed by atoms with Crippen LogP contribution in [0.25, 0.3) is 59.4 Å². The van der Waals surface area contributed by atoms with E-state index < -0.39 is 0 Å². The monoisotopic (exact) mass is 436 g/mol. The molecule has 5 aromatic heterocycles. The van der Waals surface area contributed by atoms with Crippen LogP contribution < -0.4 is 0 Å². The number of aryl methyl sites for hydroxylation is 3. The quantitative estimate of drug-likeness (QED) is 0.290. The highest BCUT2D eigenvalue weighted by Crippen LogP contribution is 2.41. The van der Waals surface area contributed by atoms with E-state index in [0.29, 0.717) is 0 Å². The van der Waals surface area contributed by atoms with E-state index in [0.717, 1.165) is 55.7 Å². The van der Waals surface area contributed by atoms with Crippen LogP contribution >= 0.6 is 11.5 Å². The van der Waals surface area contributed by atoms with Gasteiger partial charge in [0.2, 0.25) is 0 Å². The maximum Gasteiger partial charge on any atom is 0.111 e. The summed E-state index contributed by atoms with van der Waals surface area (Å²) in [5, 5.41) is 9.63. The minimum atomic E-state index is 0.920. The van der Waals surface area contributed by atoms with Gasteiger partial charge in [-0.05, 0) is 56.1 Å². The lowest BCUT2D eigenvalue weighted by atomic mass is 10.0. The molecule has 7 rings (SSSR count). The van der Waals surface area contributed by atoms with Crippen molar-refractivity contribution in [2.75, 3.05) is 0 Å². The molecule has 5 heterocycles. The van der Waals surface area contributed by atoms with Gasteiger partial charge in [0.15, 0.2) is 0 Å². The summed E-state index contributed by atoms with van der Waals surface area (Å²) in [5.74, 6) is 1.85. The summed E-state index contributed by atoms with van der Waals surface area (Å²) in [6.45, 7) is 7.22. The topological polar surface area (TPSA) is 48.3 Å². The van der Waals surface area contributed by atoms with Crippen molar-refractivity contribution in [1.82, 2.24) is 18.6 Å². The van der Waals surface area contributed by atoms with Crippen LogP contribution in [0.2, 0.25) is 0 Å². The summed E-state index contributed by atoms with van der Waals surface area (Å²) in [6, 6.07) is 15.4. The Morgan fingerprint density at radius 2 is 1.72 bits per heavy atom. The Morgan fingerprint density at radius 1 is 0.906 bits per heavy atom. The van der Waals surface area contributed by atoms with Crippen LogP contribution in [0.15, 0.2) is 59.3 Å². The standard InChI is InChI=1S/C26H20N4OS/c1-4-29-20-8-6-5-7-17(20)18-11-16(9-10-21(18)29)19-12-27-30-22-13-28-32-26(22)24-15(3)31-14(2)23(24)25(19)30/h5-13H,4H2,1-3H3. The minimum absolute atomic E-state index is 0.920. The Morgan fingerprint density at radius 3 is 2.59 bits per heavy atom. The van der Waals surface area contributed by atoms with E-state index in [-0.39, 0.29) is 0 Å². The Kier molecular flexibility index (Phi) is 3.49. The van der Waals surface area contributed by atoms with Gasteiger partial charge in [-0.25, -0.2) is 4.52 Å². The Labute approximate surface area is 187 Å². The molecule has 0 saturated carbocycles. The highest BCUT2D eigenvalue weighted by atomic mass is 32.1. The molecule has 0 fully saturated rings. The number of hydrogen-bond donors (Lipinski definition) is 0. The van der Waals surface area contributed by atoms with Crippen LogP contribution in [0.4, 0.5) is 0 Å². The molecule has 0 N–H and O–H groups in total. The fraction of sp³-hybridized carbons (Fsp3) is 0.154. The maximum atomic E-state index is 6.09. The summed E-state index contributed by atoms with van der Waals surface area (Å²) in [5.41, 5.74) is 6.92. The molecule has 156 valence electrons. The first-order chi connectivity index (χ1) is 15.7. The fourth-order valence-electron chi connectivity index (χ4n) is 5.35. The van der Waals surface area contributed by atoms with E-state index in [1.165, 1.54) is 33.3 Å². The molecule has 0 unspecified atom stereocenters. The molecule has 0 aliphatic rings. The Hall–Kier alpha value is -3.64. The molecule has 6 heteroatoms. The van der Waals surface area contributed by atoms with Crippen molar-refractivity contribution in [2.45, 2.75) is 27.3 Å². The lowest BCUT2D eigenvalue weighted by molar-refractivity contribution is 0.510. The number of para-hydroxylation sites is 1. The zero-order valence-corrected chi connectivity index (χ0v) is 18.8. The zero-order chi connectivity index (χ0) is 21.6. The van der Waals surface area contributed by atoms with Crippen LogP contribution in [-0.2, 0) is 6.54 Å². The van der Waals surface area contributed by atoms with Gasteiger partial charge in [-0.15, -0.1) is 0 Å². The Bertz CT molecular complexity index is 1850. The Balaban J connectivity index is 1.62. The van der Waals surface area contributed by atoms with Crippen LogP contribution in [0.1, 0.15) is 18.4 Å². The second-order valence-electron chi connectivity index (χ2n) is 8.32. The highest BCUT2D eigenvalue weighted by Gasteiger charge is 2.22. The molecule has 2 aromatic carbocycles. The van der Waals surface area contributed by atoms with Crippen LogP contribution in [0, 0.1) is 13.8 Å². The SMILES string of the molecule is CCn1c2ccccc2c2cc(-c3cnn4c5cnsc5c5c(C)oc(C)c5c34)ccc21. The van der Waals surface area contributed by atoms with Gasteiger partial charge in [0.1, 0.15) is 17.0 Å². The molecule has 32 heavy (non-hydrogen) atoms. The van der Waals surface area contributed by atoms with E-state index in [1.54, 1.807) is 0 Å². The van der Waals surface area contributed by atoms with E-state index in [2.05, 4.69) is 58.3 Å². The molecular formula is C26H20N4OS. The second-order valence-corrected chi connectivity index (χ2v) is 9.12. The third-order valence-corrected chi connectivity index (χ3v) is 7.48. The number of pyridine rings is 1. The molecular weight excluding hydrogens is 416 g/mol. The van der Waals surface area contributed by atoms with Crippen molar-refractivity contribution >= 4 is 59.8 Å². The van der Waals surface area contributed by atoms with Gasteiger partial charge in [0.25, 0.3) is 0 Å². The molecule has 0 aliphatic carbocycles. The lowest BCUT2D eigenvalue weighted by Gasteiger charge is -2.06. The molecule has 0 aliphatic heterocycles. The summed E-state index contributed by atoms with van der Waals surface area (Å²) in [7, 11) is 0. The average molecular weight is 437 g/mol. The molecule has 0 radical (unpaired) electrons. The third kappa shape index (κ3) is 2.12. The smallest absolute Gasteiger partial charge is 0.111 e. The molecule has 7 aromatic rings. The number of aromatic nitrogens is 4. The zero-order valence-electron chi connectivity index (χ0n) is 18.0. The van der Waals surface area contributed by atoms with E-state index in [1.807, 2.05) is 30.8 Å². The molecule has 0 saturated heterocycles. The molecule has 0 atom stereocenters. The van der Waals surface area contributed by atoms with Crippen molar-refractivity contribution in [3.63, 3.8) is 0 Å². The molecule has 0 amide bonds. The average Bonchev–Trinajstić information content (AvgIpc) is 3.56. The molecule has 0 spiro atoms. The second kappa shape index (κ2) is 6.20. The maximum absolute atomic E-state index is 6.09. The first-order valence-corrected chi connectivity index (χ1v) is 11.6. The first kappa shape index (κ1) is 18.0. The van der Waals surface area contributed by atoms with Crippen LogP contribution in [0.3, 0.4) is 0 Å². The van der Waals surface area contributed by atoms with Gasteiger partial charge in [-0.2, -0.15) is 9.47 Å². The normalized spacial score (nSPS) is 12.3. The van der Waals surface area contributed by atoms with Gasteiger partial charge in [0, 0.05) is 39.3 Å². The third-order valence-electron chi connectivity index (χ3n) is 6.67. The van der Waals surface area contributed by atoms with Gasteiger partial charge in [-0.1, -0.05) is 24.3 Å². The van der Waals surface area contributed by atoms with Gasteiger partial charge in [-0.3, -0.25) is 0 Å². The van der Waals surface area contributed by atoms with E-state index in [4.69, 9.17) is 9.52 Å². The number of rotatable bonds is 2. The van der Waals surface area contributed by atoms with Crippen LogP contribution in [0.5, 0.6) is 0 Å². The summed E-state index contributed by atoms with van der Waals surface area (Å²) < 4.78 is 16.1. The van der Waals surface area contributed by atoms with Gasteiger partial charge < -0.3 is 8.98 Å². The summed E-state index contributed by atoms with van der Waals surface area (Å²) in [4.78, 5) is 0. The van der Waals surface area contributed by atoms with Crippen LogP contribution in [-0.4, -0.2) is 18.6 Å². The van der Waals surface area contributed by atoms with E-state index >= 15 is 0 Å². The molecule has 5 nitrogen and oxygen atoms in total. The van der Waals surface area contributed by atoms with Gasteiger partial charge in [0.05, 0.1) is 28.0 Å². The van der Waals surface area contributed by atoms with Crippen molar-refractivity contribution in [1.29, 1.82) is 0 Å². The molecule has 0 bridgehead atoms. The largest absolute Gasteiger partial charge is 0.465 e. The van der Waals surface area contributed by atoms with Crippen molar-refractivity contribution in [3.8, 4) is 11.1 Å². The van der Waals surface area contributed by atoms with Gasteiger partial charge >= 0.3 is 0 Å². The summed E-state index contributed by atoms with van der Waals surface area (Å²) in [6.07, 6.45) is 3.89. The number of furan rings is 1.